The zero-order chi connectivity index (χ0) is 19.1. The van der Waals surface area contributed by atoms with Crippen LogP contribution in [-0.2, 0) is 0 Å². The number of phenolic OH excluding ortho intramolecular Hbond substituents is 1. The molecule has 2 unspecified atom stereocenters. The van der Waals surface area contributed by atoms with Gasteiger partial charge in [0.2, 0.25) is 5.88 Å². The Morgan fingerprint density at radius 1 is 1.21 bits per heavy atom. The standard InChI is InChI=1S/C20H20FN5O2/c21-20-15-4-1-12(25-15)7-18(20)28-19-10-23-16(9-24-19)14-3-2-13(8-17(14)27)26-6-5-22-11-26/h2-3,5-6,8-12,15,18,20,25,27H,1,4,7H2/t12?,15?,18-,20+/m0/s1. The summed E-state index contributed by atoms with van der Waals surface area (Å²) in [6.07, 6.45) is 9.08. The second-order valence-electron chi connectivity index (χ2n) is 7.30. The van der Waals surface area contributed by atoms with E-state index in [-0.39, 0.29) is 11.8 Å². The topological polar surface area (TPSA) is 85.1 Å². The number of aromatic hydroxyl groups is 1. The molecule has 0 saturated carbocycles. The Kier molecular flexibility index (Phi) is 4.20. The van der Waals surface area contributed by atoms with Crippen LogP contribution in [0.5, 0.6) is 11.6 Å². The molecule has 0 spiro atoms. The molecule has 28 heavy (non-hydrogen) atoms. The lowest BCUT2D eigenvalue weighted by Gasteiger charge is -2.32. The zero-order valence-electron chi connectivity index (χ0n) is 15.1. The van der Waals surface area contributed by atoms with Gasteiger partial charge in [0.05, 0.1) is 30.1 Å². The Labute approximate surface area is 161 Å². The van der Waals surface area contributed by atoms with Crippen LogP contribution in [0, 0.1) is 0 Å². The second kappa shape index (κ2) is 6.87. The lowest BCUT2D eigenvalue weighted by Crippen LogP contribution is -2.51. The molecule has 7 nitrogen and oxygen atoms in total. The summed E-state index contributed by atoms with van der Waals surface area (Å²) in [7, 11) is 0. The summed E-state index contributed by atoms with van der Waals surface area (Å²) < 4.78 is 22.1. The fourth-order valence-corrected chi connectivity index (χ4v) is 4.05. The van der Waals surface area contributed by atoms with Gasteiger partial charge in [0.15, 0.2) is 6.17 Å². The van der Waals surface area contributed by atoms with E-state index in [1.807, 2.05) is 6.07 Å². The minimum absolute atomic E-state index is 0.0907. The minimum atomic E-state index is -1.04. The number of fused-ring (bicyclic) bond motifs is 2. The van der Waals surface area contributed by atoms with Gasteiger partial charge in [0.25, 0.3) is 0 Å². The monoisotopic (exact) mass is 381 g/mol. The van der Waals surface area contributed by atoms with Gasteiger partial charge in [-0.3, -0.25) is 0 Å². The first-order valence-corrected chi connectivity index (χ1v) is 9.38. The molecule has 1 aromatic carbocycles. The normalized spacial score (nSPS) is 26.3. The molecule has 0 aliphatic carbocycles. The molecule has 2 aliphatic heterocycles. The number of rotatable bonds is 4. The number of imidazole rings is 1. The Hall–Kier alpha value is -3.00. The number of piperidine rings is 1. The van der Waals surface area contributed by atoms with E-state index in [0.717, 1.165) is 18.5 Å². The van der Waals surface area contributed by atoms with Crippen molar-refractivity contribution in [2.24, 2.45) is 0 Å². The molecule has 0 radical (unpaired) electrons. The maximum atomic E-state index is 14.5. The van der Waals surface area contributed by atoms with Gasteiger partial charge in [-0.15, -0.1) is 0 Å². The second-order valence-corrected chi connectivity index (χ2v) is 7.30. The first-order valence-electron chi connectivity index (χ1n) is 9.38. The van der Waals surface area contributed by atoms with Crippen molar-refractivity contribution in [3.8, 4) is 28.6 Å². The minimum Gasteiger partial charge on any atom is -0.507 e. The van der Waals surface area contributed by atoms with Crippen molar-refractivity contribution < 1.29 is 14.2 Å². The number of aromatic nitrogens is 4. The summed E-state index contributed by atoms with van der Waals surface area (Å²) in [4.78, 5) is 12.6. The number of hydrogen-bond acceptors (Lipinski definition) is 6. The SMILES string of the molecule is Oc1cc(-n2ccnc2)ccc1-c1cnc(O[C@H]2CC3CCC(N3)[C@H]2F)cn1. The molecule has 4 atom stereocenters. The van der Waals surface area contributed by atoms with Gasteiger partial charge in [-0.2, -0.15) is 0 Å². The van der Waals surface area contributed by atoms with Gasteiger partial charge in [-0.1, -0.05) is 0 Å². The summed E-state index contributed by atoms with van der Waals surface area (Å²) in [5, 5.41) is 13.7. The van der Waals surface area contributed by atoms with E-state index < -0.39 is 12.3 Å². The molecule has 5 rings (SSSR count). The Morgan fingerprint density at radius 2 is 2.14 bits per heavy atom. The quantitative estimate of drug-likeness (QED) is 0.723. The van der Waals surface area contributed by atoms with Crippen molar-refractivity contribution in [3.63, 3.8) is 0 Å². The molecular formula is C20H20FN5O2. The molecule has 144 valence electrons. The van der Waals surface area contributed by atoms with Crippen molar-refractivity contribution >= 4 is 0 Å². The molecule has 3 aromatic rings. The van der Waals surface area contributed by atoms with Crippen molar-refractivity contribution in [2.45, 2.75) is 43.6 Å². The van der Waals surface area contributed by atoms with E-state index >= 15 is 0 Å². The highest BCUT2D eigenvalue weighted by Crippen LogP contribution is 2.32. The predicted molar refractivity (Wildman–Crippen MR) is 100 cm³/mol. The largest absolute Gasteiger partial charge is 0.507 e. The first kappa shape index (κ1) is 17.1. The van der Waals surface area contributed by atoms with Crippen LogP contribution >= 0.6 is 0 Å². The van der Waals surface area contributed by atoms with Crippen LogP contribution in [-0.4, -0.2) is 49.0 Å². The van der Waals surface area contributed by atoms with Gasteiger partial charge < -0.3 is 19.7 Å². The van der Waals surface area contributed by atoms with Crippen LogP contribution in [0.1, 0.15) is 19.3 Å². The number of ether oxygens (including phenoxy) is 1. The lowest BCUT2D eigenvalue weighted by atomic mass is 10.0. The third kappa shape index (κ3) is 3.09. The van der Waals surface area contributed by atoms with Crippen LogP contribution in [0.25, 0.3) is 16.9 Å². The van der Waals surface area contributed by atoms with Crippen LogP contribution in [0.3, 0.4) is 0 Å². The number of hydrogen-bond donors (Lipinski definition) is 2. The van der Waals surface area contributed by atoms with E-state index in [1.165, 1.54) is 12.4 Å². The maximum Gasteiger partial charge on any atom is 0.232 e. The Bertz CT molecular complexity index is 963. The number of alkyl halides is 1. The van der Waals surface area contributed by atoms with Crippen molar-refractivity contribution in [1.29, 1.82) is 0 Å². The zero-order valence-corrected chi connectivity index (χ0v) is 15.1. The summed E-state index contributed by atoms with van der Waals surface area (Å²) >= 11 is 0. The van der Waals surface area contributed by atoms with E-state index in [2.05, 4.69) is 20.3 Å². The molecule has 2 fully saturated rings. The molecular weight excluding hydrogens is 361 g/mol. The smallest absolute Gasteiger partial charge is 0.232 e. The van der Waals surface area contributed by atoms with Gasteiger partial charge >= 0.3 is 0 Å². The van der Waals surface area contributed by atoms with E-state index in [0.29, 0.717) is 29.6 Å². The fraction of sp³-hybridized carbons (Fsp3) is 0.350. The molecule has 2 bridgehead atoms. The van der Waals surface area contributed by atoms with Gasteiger partial charge in [-0.05, 0) is 25.0 Å². The van der Waals surface area contributed by atoms with E-state index in [9.17, 15) is 9.50 Å². The highest BCUT2D eigenvalue weighted by Gasteiger charge is 2.43. The maximum absolute atomic E-state index is 14.5. The third-order valence-electron chi connectivity index (χ3n) is 5.49. The number of nitrogens with zero attached hydrogens (tertiary/aromatic N) is 4. The van der Waals surface area contributed by atoms with Gasteiger partial charge in [0.1, 0.15) is 11.9 Å². The average molecular weight is 381 g/mol. The molecule has 8 heteroatoms. The third-order valence-corrected chi connectivity index (χ3v) is 5.49. The summed E-state index contributed by atoms with van der Waals surface area (Å²) in [6, 6.07) is 5.47. The van der Waals surface area contributed by atoms with Gasteiger partial charge in [0, 0.05) is 42.5 Å². The van der Waals surface area contributed by atoms with Gasteiger partial charge in [-0.25, -0.2) is 19.3 Å². The highest BCUT2D eigenvalue weighted by molar-refractivity contribution is 5.68. The average Bonchev–Trinajstić information content (AvgIpc) is 3.37. The first-order chi connectivity index (χ1) is 13.7. The Morgan fingerprint density at radius 3 is 2.89 bits per heavy atom. The number of nitrogens with one attached hydrogen (secondary N) is 1. The highest BCUT2D eigenvalue weighted by atomic mass is 19.1. The van der Waals surface area contributed by atoms with Crippen LogP contribution < -0.4 is 10.1 Å². The number of halogens is 1. The fourth-order valence-electron chi connectivity index (χ4n) is 4.05. The molecule has 2 N–H and O–H groups in total. The van der Waals surface area contributed by atoms with Crippen LogP contribution in [0.15, 0.2) is 49.3 Å². The van der Waals surface area contributed by atoms with Crippen LogP contribution in [0.4, 0.5) is 4.39 Å². The lowest BCUT2D eigenvalue weighted by molar-refractivity contribution is 0.0425. The molecule has 4 heterocycles. The van der Waals surface area contributed by atoms with Crippen LogP contribution in [0.2, 0.25) is 0 Å². The summed E-state index contributed by atoms with van der Waals surface area (Å²) in [6.45, 7) is 0. The van der Waals surface area contributed by atoms with Crippen molar-refractivity contribution in [3.05, 3.63) is 49.3 Å². The summed E-state index contributed by atoms with van der Waals surface area (Å²) in [5.74, 6) is 0.389. The Balaban J connectivity index is 1.32. The predicted octanol–water partition coefficient (Wildman–Crippen LogP) is 2.64. The van der Waals surface area contributed by atoms with E-state index in [1.54, 1.807) is 35.4 Å². The molecule has 2 aliphatic rings. The number of benzene rings is 1. The van der Waals surface area contributed by atoms with E-state index in [4.69, 9.17) is 4.74 Å². The summed E-state index contributed by atoms with van der Waals surface area (Å²) in [5.41, 5.74) is 1.87. The van der Waals surface area contributed by atoms with Crippen molar-refractivity contribution in [1.82, 2.24) is 24.8 Å². The molecule has 2 aromatic heterocycles. The van der Waals surface area contributed by atoms with Crippen molar-refractivity contribution in [2.75, 3.05) is 0 Å². The molecule has 2 saturated heterocycles. The number of phenols is 1. The molecule has 0 amide bonds.